The second-order valence-electron chi connectivity index (χ2n) is 4.71. The molecule has 0 radical (unpaired) electrons. The highest BCUT2D eigenvalue weighted by Crippen LogP contribution is 2.17. The molecular formula is C16H17NO5. The largest absolute Gasteiger partial charge is 0.463 e. The first kappa shape index (κ1) is 15.8. The van der Waals surface area contributed by atoms with Crippen molar-refractivity contribution in [1.29, 1.82) is 0 Å². The summed E-state index contributed by atoms with van der Waals surface area (Å²) in [6.07, 6.45) is 1.85. The molecule has 116 valence electrons. The number of hydrogen-bond donors (Lipinski definition) is 0. The summed E-state index contributed by atoms with van der Waals surface area (Å²) >= 11 is 0. The van der Waals surface area contributed by atoms with Gasteiger partial charge in [-0.2, -0.15) is 0 Å². The summed E-state index contributed by atoms with van der Waals surface area (Å²) in [5, 5.41) is 0. The Morgan fingerprint density at radius 3 is 2.73 bits per heavy atom. The molecule has 6 heteroatoms. The second-order valence-corrected chi connectivity index (χ2v) is 4.71. The van der Waals surface area contributed by atoms with Gasteiger partial charge in [0.05, 0.1) is 12.6 Å². The molecule has 1 aromatic carbocycles. The fourth-order valence-corrected chi connectivity index (χ4v) is 2.18. The molecule has 1 heterocycles. The number of amides is 2. The number of nitrogens with zero attached hydrogens (tertiary/aromatic N) is 1. The standard InChI is InChI=1S/C16H17NO5/c1-2-21-15(19)9-8-14(18)17-13(11-22-16(17)20)10-12-6-4-3-5-7-12/h3-9,13H,2,10-11H2,1H3. The first-order chi connectivity index (χ1) is 10.6. The van der Waals surface area contributed by atoms with E-state index in [0.717, 1.165) is 22.6 Å². The fourth-order valence-electron chi connectivity index (χ4n) is 2.18. The van der Waals surface area contributed by atoms with Gasteiger partial charge in [0.2, 0.25) is 0 Å². The zero-order chi connectivity index (χ0) is 15.9. The molecule has 1 aliphatic heterocycles. The molecule has 0 saturated carbocycles. The van der Waals surface area contributed by atoms with Crippen molar-refractivity contribution in [2.24, 2.45) is 0 Å². The smallest absolute Gasteiger partial charge is 0.417 e. The third-order valence-corrected chi connectivity index (χ3v) is 3.16. The number of ether oxygens (including phenoxy) is 2. The van der Waals surface area contributed by atoms with Crippen LogP contribution in [0.15, 0.2) is 42.5 Å². The predicted octanol–water partition coefficient (Wildman–Crippen LogP) is 1.70. The summed E-state index contributed by atoms with van der Waals surface area (Å²) in [6, 6.07) is 9.12. The van der Waals surface area contributed by atoms with Crippen LogP contribution in [0.2, 0.25) is 0 Å². The van der Waals surface area contributed by atoms with Gasteiger partial charge in [-0.25, -0.2) is 14.5 Å². The van der Waals surface area contributed by atoms with Crippen LogP contribution in [-0.2, 0) is 25.5 Å². The van der Waals surface area contributed by atoms with E-state index >= 15 is 0 Å². The molecule has 0 bridgehead atoms. The monoisotopic (exact) mass is 303 g/mol. The first-order valence-electron chi connectivity index (χ1n) is 7.00. The highest BCUT2D eigenvalue weighted by molar-refractivity contribution is 6.02. The number of esters is 1. The van der Waals surface area contributed by atoms with Gasteiger partial charge in [-0.05, 0) is 18.9 Å². The van der Waals surface area contributed by atoms with Crippen molar-refractivity contribution >= 4 is 18.0 Å². The van der Waals surface area contributed by atoms with Crippen LogP contribution in [0.25, 0.3) is 0 Å². The third kappa shape index (κ3) is 3.94. The van der Waals surface area contributed by atoms with Crippen molar-refractivity contribution in [3.05, 3.63) is 48.0 Å². The number of hydrogen-bond acceptors (Lipinski definition) is 5. The summed E-state index contributed by atoms with van der Waals surface area (Å²) in [4.78, 5) is 36.1. The van der Waals surface area contributed by atoms with E-state index in [1.165, 1.54) is 0 Å². The van der Waals surface area contributed by atoms with E-state index in [2.05, 4.69) is 0 Å². The van der Waals surface area contributed by atoms with Gasteiger partial charge in [-0.15, -0.1) is 0 Å². The summed E-state index contributed by atoms with van der Waals surface area (Å²) in [5.41, 5.74) is 0.998. The first-order valence-corrected chi connectivity index (χ1v) is 7.00. The molecule has 22 heavy (non-hydrogen) atoms. The lowest BCUT2D eigenvalue weighted by atomic mass is 10.1. The topological polar surface area (TPSA) is 72.9 Å². The third-order valence-electron chi connectivity index (χ3n) is 3.16. The van der Waals surface area contributed by atoms with E-state index < -0.39 is 18.0 Å². The lowest BCUT2D eigenvalue weighted by molar-refractivity contribution is -0.137. The normalized spacial score (nSPS) is 17.6. The Bertz CT molecular complexity index is 581. The Kier molecular flexibility index (Phi) is 5.30. The van der Waals surface area contributed by atoms with E-state index in [9.17, 15) is 14.4 Å². The molecule has 1 unspecified atom stereocenters. The van der Waals surface area contributed by atoms with Gasteiger partial charge in [0.15, 0.2) is 0 Å². The molecule has 0 aromatic heterocycles. The molecule has 1 atom stereocenters. The van der Waals surface area contributed by atoms with E-state index in [1.807, 2.05) is 30.3 Å². The van der Waals surface area contributed by atoms with Crippen molar-refractivity contribution in [3.63, 3.8) is 0 Å². The van der Waals surface area contributed by atoms with Crippen LogP contribution < -0.4 is 0 Å². The molecule has 2 rings (SSSR count). The molecule has 1 fully saturated rings. The Morgan fingerprint density at radius 2 is 2.05 bits per heavy atom. The molecule has 1 aliphatic rings. The van der Waals surface area contributed by atoms with Gasteiger partial charge in [0.25, 0.3) is 5.91 Å². The Balaban J connectivity index is 2.04. The minimum absolute atomic E-state index is 0.146. The molecule has 2 amide bonds. The predicted molar refractivity (Wildman–Crippen MR) is 77.9 cm³/mol. The number of carbonyl (C=O) groups is 3. The van der Waals surface area contributed by atoms with Gasteiger partial charge in [-0.1, -0.05) is 30.3 Å². The number of benzene rings is 1. The van der Waals surface area contributed by atoms with Crippen LogP contribution in [0.5, 0.6) is 0 Å². The van der Waals surface area contributed by atoms with Gasteiger partial charge in [-0.3, -0.25) is 4.79 Å². The van der Waals surface area contributed by atoms with Crippen molar-refractivity contribution < 1.29 is 23.9 Å². The Labute approximate surface area is 128 Å². The minimum atomic E-state index is -0.695. The van der Waals surface area contributed by atoms with Gasteiger partial charge in [0.1, 0.15) is 6.61 Å². The maximum Gasteiger partial charge on any atom is 0.417 e. The Hall–Kier alpha value is -2.63. The zero-order valence-electron chi connectivity index (χ0n) is 12.2. The summed E-state index contributed by atoms with van der Waals surface area (Å²) in [6.45, 7) is 2.04. The van der Waals surface area contributed by atoms with Gasteiger partial charge < -0.3 is 9.47 Å². The fraction of sp³-hybridized carbons (Fsp3) is 0.312. The Morgan fingerprint density at radius 1 is 1.32 bits per heavy atom. The van der Waals surface area contributed by atoms with Crippen molar-refractivity contribution in [3.8, 4) is 0 Å². The SMILES string of the molecule is CCOC(=O)C=CC(=O)N1C(=O)OCC1Cc1ccccc1. The van der Waals surface area contributed by atoms with Crippen molar-refractivity contribution in [2.45, 2.75) is 19.4 Å². The van der Waals surface area contributed by atoms with Crippen LogP contribution in [0, 0.1) is 0 Å². The van der Waals surface area contributed by atoms with E-state index in [4.69, 9.17) is 9.47 Å². The number of cyclic esters (lactones) is 1. The van der Waals surface area contributed by atoms with Crippen LogP contribution in [0.3, 0.4) is 0 Å². The molecule has 6 nitrogen and oxygen atoms in total. The lowest BCUT2D eigenvalue weighted by Gasteiger charge is -2.17. The molecular weight excluding hydrogens is 286 g/mol. The van der Waals surface area contributed by atoms with Gasteiger partial charge >= 0.3 is 12.1 Å². The molecule has 1 saturated heterocycles. The average Bonchev–Trinajstić information content (AvgIpc) is 2.87. The zero-order valence-corrected chi connectivity index (χ0v) is 12.2. The number of carbonyl (C=O) groups excluding carboxylic acids is 3. The molecule has 0 spiro atoms. The van der Waals surface area contributed by atoms with E-state index in [-0.39, 0.29) is 19.3 Å². The summed E-state index contributed by atoms with van der Waals surface area (Å²) < 4.78 is 9.63. The molecule has 1 aromatic rings. The highest BCUT2D eigenvalue weighted by Gasteiger charge is 2.36. The van der Waals surface area contributed by atoms with Crippen molar-refractivity contribution in [2.75, 3.05) is 13.2 Å². The summed E-state index contributed by atoms with van der Waals surface area (Å²) in [7, 11) is 0. The van der Waals surface area contributed by atoms with Crippen molar-refractivity contribution in [1.82, 2.24) is 4.90 Å². The minimum Gasteiger partial charge on any atom is -0.463 e. The summed E-state index contributed by atoms with van der Waals surface area (Å²) in [5.74, 6) is -1.21. The van der Waals surface area contributed by atoms with Crippen LogP contribution in [0.4, 0.5) is 4.79 Å². The van der Waals surface area contributed by atoms with Gasteiger partial charge in [0, 0.05) is 12.2 Å². The quantitative estimate of drug-likeness (QED) is 0.611. The van der Waals surface area contributed by atoms with Crippen LogP contribution >= 0.6 is 0 Å². The second kappa shape index (κ2) is 7.40. The number of imide groups is 1. The van der Waals surface area contributed by atoms with Crippen LogP contribution in [-0.4, -0.2) is 42.1 Å². The highest BCUT2D eigenvalue weighted by atomic mass is 16.6. The molecule has 0 N–H and O–H groups in total. The lowest BCUT2D eigenvalue weighted by Crippen LogP contribution is -2.39. The van der Waals surface area contributed by atoms with Crippen LogP contribution in [0.1, 0.15) is 12.5 Å². The van der Waals surface area contributed by atoms with E-state index in [0.29, 0.717) is 6.42 Å². The molecule has 0 aliphatic carbocycles. The van der Waals surface area contributed by atoms with E-state index in [1.54, 1.807) is 6.92 Å². The maximum absolute atomic E-state index is 12.1. The average molecular weight is 303 g/mol. The maximum atomic E-state index is 12.1. The number of rotatable bonds is 5.